The number of hydrogen-bond donors (Lipinski definition) is 1. The van der Waals surface area contributed by atoms with Gasteiger partial charge in [-0.2, -0.15) is 13.8 Å². The first-order chi connectivity index (χ1) is 14.5. The molecular weight excluding hydrogens is 394 g/mol. The minimum Gasteiger partial charge on any atom is -0.431 e. The van der Waals surface area contributed by atoms with E-state index >= 15 is 0 Å². The van der Waals surface area contributed by atoms with Crippen molar-refractivity contribution in [1.29, 1.82) is 0 Å². The van der Waals surface area contributed by atoms with Crippen molar-refractivity contribution < 1.29 is 18.3 Å². The molecule has 3 saturated heterocycles. The number of nitrogens with two attached hydrogens (primary N) is 1. The summed E-state index contributed by atoms with van der Waals surface area (Å²) in [4.78, 5) is 18.2. The molecular formula is C20H22F2N6O2. The van der Waals surface area contributed by atoms with Crippen LogP contribution in [0.5, 0.6) is 5.75 Å². The van der Waals surface area contributed by atoms with Crippen LogP contribution >= 0.6 is 0 Å². The molecule has 5 heterocycles. The van der Waals surface area contributed by atoms with Crippen molar-refractivity contribution >= 4 is 17.6 Å². The third kappa shape index (κ3) is 3.01. The molecule has 4 atom stereocenters. The normalized spacial score (nSPS) is 29.0. The van der Waals surface area contributed by atoms with Gasteiger partial charge in [0.2, 0.25) is 5.95 Å². The van der Waals surface area contributed by atoms with Gasteiger partial charge in [-0.25, -0.2) is 9.97 Å². The van der Waals surface area contributed by atoms with E-state index in [4.69, 9.17) is 20.4 Å². The predicted octanol–water partition coefficient (Wildman–Crippen LogP) is 2.30. The fourth-order valence-electron chi connectivity index (χ4n) is 4.95. The molecule has 3 aliphatic heterocycles. The van der Waals surface area contributed by atoms with E-state index in [0.717, 1.165) is 37.7 Å². The molecule has 30 heavy (non-hydrogen) atoms. The molecule has 10 heteroatoms. The second-order valence-electron chi connectivity index (χ2n) is 8.44. The van der Waals surface area contributed by atoms with E-state index in [1.807, 2.05) is 6.07 Å². The fourth-order valence-corrected chi connectivity index (χ4v) is 4.95. The van der Waals surface area contributed by atoms with Crippen LogP contribution in [0.1, 0.15) is 19.3 Å². The van der Waals surface area contributed by atoms with Crippen LogP contribution in [-0.4, -0.2) is 59.4 Å². The lowest BCUT2D eigenvalue weighted by atomic mass is 10.2. The van der Waals surface area contributed by atoms with Crippen LogP contribution in [0.2, 0.25) is 0 Å². The summed E-state index contributed by atoms with van der Waals surface area (Å²) in [6, 6.07) is 4.17. The Hall–Kier alpha value is -2.75. The monoisotopic (exact) mass is 416 g/mol. The third-order valence-corrected chi connectivity index (χ3v) is 6.57. The van der Waals surface area contributed by atoms with Gasteiger partial charge in [0.25, 0.3) is 0 Å². The fraction of sp³-hybridized carbons (Fsp3) is 0.550. The maximum atomic E-state index is 12.7. The highest BCUT2D eigenvalue weighted by atomic mass is 19.3. The first-order valence-corrected chi connectivity index (χ1v) is 10.3. The summed E-state index contributed by atoms with van der Waals surface area (Å²) in [5.74, 6) is 2.03. The summed E-state index contributed by atoms with van der Waals surface area (Å²) in [7, 11) is 0. The number of hydrogen-bond acceptors (Lipinski definition) is 8. The van der Waals surface area contributed by atoms with E-state index in [0.29, 0.717) is 35.9 Å². The number of fused-ring (bicyclic) bond motifs is 3. The summed E-state index contributed by atoms with van der Waals surface area (Å²) in [6.45, 7) is -0.541. The van der Waals surface area contributed by atoms with Crippen LogP contribution in [0.4, 0.5) is 26.4 Å². The molecule has 0 spiro atoms. The zero-order valence-corrected chi connectivity index (χ0v) is 16.2. The Labute approximate surface area is 172 Å². The van der Waals surface area contributed by atoms with Crippen molar-refractivity contribution in [3.63, 3.8) is 0 Å². The molecule has 2 aromatic rings. The number of halogens is 2. The minimum absolute atomic E-state index is 0.0806. The van der Waals surface area contributed by atoms with Crippen LogP contribution in [0.25, 0.3) is 11.3 Å². The lowest BCUT2D eigenvalue weighted by Crippen LogP contribution is -2.38. The molecule has 0 amide bonds. The molecule has 6 rings (SSSR count). The quantitative estimate of drug-likeness (QED) is 0.794. The lowest BCUT2D eigenvalue weighted by molar-refractivity contribution is -0.0494. The molecule has 2 N–H and O–H groups in total. The SMILES string of the molecule is Nc1ncc(-c2cc(N3CC4CC3CO4)nc(N3CCC4CC43)n2)cc1OC(F)F. The standard InChI is InChI=1S/C20H22F2N6O2/c21-19(22)30-16-4-11(7-24-18(16)23)14-6-17(28-8-13-5-12(28)9-29-13)26-20(25-14)27-2-1-10-3-15(10)27/h4,6-7,10,12-13,15,19H,1-3,5,8-9H2,(H2,23,24). The topological polar surface area (TPSA) is 89.6 Å². The smallest absolute Gasteiger partial charge is 0.387 e. The average Bonchev–Trinajstić information content (AvgIpc) is 3.10. The summed E-state index contributed by atoms with van der Waals surface area (Å²) >= 11 is 0. The van der Waals surface area contributed by atoms with Crippen molar-refractivity contribution in [2.45, 2.75) is 44.1 Å². The van der Waals surface area contributed by atoms with Gasteiger partial charge in [0.05, 0.1) is 24.4 Å². The van der Waals surface area contributed by atoms with Gasteiger partial charge >= 0.3 is 6.61 Å². The molecule has 2 aromatic heterocycles. The number of nitrogens with zero attached hydrogens (tertiary/aromatic N) is 5. The first-order valence-electron chi connectivity index (χ1n) is 10.3. The second-order valence-corrected chi connectivity index (χ2v) is 8.44. The van der Waals surface area contributed by atoms with Gasteiger partial charge in [0, 0.05) is 37.0 Å². The number of rotatable bonds is 5. The number of anilines is 3. The maximum absolute atomic E-state index is 12.7. The van der Waals surface area contributed by atoms with Crippen molar-refractivity contribution in [1.82, 2.24) is 15.0 Å². The summed E-state index contributed by atoms with van der Waals surface area (Å²) in [5, 5.41) is 0. The van der Waals surface area contributed by atoms with Gasteiger partial charge in [0.1, 0.15) is 5.82 Å². The van der Waals surface area contributed by atoms with Gasteiger partial charge in [0.15, 0.2) is 11.6 Å². The number of alkyl halides is 2. The average molecular weight is 416 g/mol. The number of pyridine rings is 1. The van der Waals surface area contributed by atoms with Crippen LogP contribution in [-0.2, 0) is 4.74 Å². The van der Waals surface area contributed by atoms with Crippen molar-refractivity contribution in [2.75, 3.05) is 35.2 Å². The highest BCUT2D eigenvalue weighted by Gasteiger charge is 2.48. The van der Waals surface area contributed by atoms with E-state index in [1.54, 1.807) is 0 Å². The molecule has 4 aliphatic rings. The Balaban J connectivity index is 1.41. The minimum atomic E-state index is -2.97. The van der Waals surface area contributed by atoms with Gasteiger partial charge in [-0.3, -0.25) is 0 Å². The van der Waals surface area contributed by atoms with E-state index in [1.165, 1.54) is 18.7 Å². The van der Waals surface area contributed by atoms with Crippen molar-refractivity contribution in [3.8, 4) is 17.0 Å². The molecule has 2 bridgehead atoms. The first kappa shape index (κ1) is 18.1. The zero-order valence-electron chi connectivity index (χ0n) is 16.2. The van der Waals surface area contributed by atoms with Crippen LogP contribution < -0.4 is 20.3 Å². The molecule has 1 saturated carbocycles. The van der Waals surface area contributed by atoms with E-state index in [-0.39, 0.29) is 17.7 Å². The predicted molar refractivity (Wildman–Crippen MR) is 106 cm³/mol. The Morgan fingerprint density at radius 1 is 1.20 bits per heavy atom. The zero-order chi connectivity index (χ0) is 20.4. The highest BCUT2D eigenvalue weighted by molar-refractivity contribution is 5.68. The molecule has 8 nitrogen and oxygen atoms in total. The number of nitrogen functional groups attached to an aromatic ring is 1. The highest BCUT2D eigenvalue weighted by Crippen LogP contribution is 2.46. The number of aromatic nitrogens is 3. The molecule has 4 unspecified atom stereocenters. The van der Waals surface area contributed by atoms with E-state index in [9.17, 15) is 8.78 Å². The molecule has 0 radical (unpaired) electrons. The van der Waals surface area contributed by atoms with E-state index in [2.05, 4.69) is 19.5 Å². The number of ether oxygens (including phenoxy) is 2. The Bertz CT molecular complexity index is 992. The van der Waals surface area contributed by atoms with Crippen molar-refractivity contribution in [2.24, 2.45) is 5.92 Å². The molecule has 158 valence electrons. The summed E-state index contributed by atoms with van der Waals surface area (Å²) < 4.78 is 35.8. The third-order valence-electron chi connectivity index (χ3n) is 6.57. The van der Waals surface area contributed by atoms with Gasteiger partial charge in [-0.05, 0) is 31.2 Å². The largest absolute Gasteiger partial charge is 0.431 e. The molecule has 1 aliphatic carbocycles. The second kappa shape index (κ2) is 6.63. The number of morpholine rings is 1. The Kier molecular flexibility index (Phi) is 3.99. The maximum Gasteiger partial charge on any atom is 0.387 e. The van der Waals surface area contributed by atoms with Crippen LogP contribution in [0, 0.1) is 5.92 Å². The number of piperidine rings is 1. The van der Waals surface area contributed by atoms with Crippen LogP contribution in [0.3, 0.4) is 0 Å². The van der Waals surface area contributed by atoms with Gasteiger partial charge < -0.3 is 25.0 Å². The molecule has 0 aromatic carbocycles. The van der Waals surface area contributed by atoms with Crippen molar-refractivity contribution in [3.05, 3.63) is 18.3 Å². The molecule has 4 fully saturated rings. The van der Waals surface area contributed by atoms with Gasteiger partial charge in [-0.1, -0.05) is 0 Å². The van der Waals surface area contributed by atoms with Crippen LogP contribution in [0.15, 0.2) is 18.3 Å². The summed E-state index contributed by atoms with van der Waals surface area (Å²) in [5.41, 5.74) is 6.89. The summed E-state index contributed by atoms with van der Waals surface area (Å²) in [6.07, 6.45) is 5.11. The Morgan fingerprint density at radius 2 is 2.10 bits per heavy atom. The van der Waals surface area contributed by atoms with Gasteiger partial charge in [-0.15, -0.1) is 0 Å². The Morgan fingerprint density at radius 3 is 2.77 bits per heavy atom. The lowest BCUT2D eigenvalue weighted by Gasteiger charge is -2.29. The van der Waals surface area contributed by atoms with E-state index < -0.39 is 6.61 Å².